The first-order chi connectivity index (χ1) is 8.86. The zero-order valence-electron chi connectivity index (χ0n) is 13.6. The predicted molar refractivity (Wildman–Crippen MR) is 95.7 cm³/mol. The van der Waals surface area contributed by atoms with Crippen molar-refractivity contribution in [2.75, 3.05) is 7.05 Å². The van der Waals surface area contributed by atoms with Crippen molar-refractivity contribution in [1.82, 2.24) is 20.4 Å². The molecule has 1 rings (SSSR count). The van der Waals surface area contributed by atoms with E-state index in [1.807, 2.05) is 18.7 Å². The molecule has 0 fully saturated rings. The van der Waals surface area contributed by atoms with Crippen LogP contribution in [0.1, 0.15) is 37.7 Å². The van der Waals surface area contributed by atoms with Crippen molar-refractivity contribution in [3.05, 3.63) is 17.0 Å². The molecule has 5 nitrogen and oxygen atoms in total. The lowest BCUT2D eigenvalue weighted by molar-refractivity contribution is 0.481. The van der Waals surface area contributed by atoms with E-state index < -0.39 is 0 Å². The summed E-state index contributed by atoms with van der Waals surface area (Å²) in [5.41, 5.74) is 3.50. The maximum absolute atomic E-state index is 4.42. The fourth-order valence-corrected chi connectivity index (χ4v) is 1.82. The molecular weight excluding hydrogens is 365 g/mol. The number of nitrogens with zero attached hydrogens (tertiary/aromatic N) is 3. The maximum atomic E-state index is 4.42. The van der Waals surface area contributed by atoms with Gasteiger partial charge in [-0.2, -0.15) is 5.10 Å². The van der Waals surface area contributed by atoms with E-state index in [2.05, 4.69) is 48.4 Å². The fraction of sp³-hybridized carbons (Fsp3) is 0.714. The Hall–Kier alpha value is -0.790. The van der Waals surface area contributed by atoms with Crippen LogP contribution in [0.25, 0.3) is 0 Å². The number of rotatable bonds is 4. The summed E-state index contributed by atoms with van der Waals surface area (Å²) in [6.45, 7) is 11.4. The van der Waals surface area contributed by atoms with Crippen LogP contribution >= 0.6 is 24.0 Å². The number of halogens is 1. The lowest BCUT2D eigenvalue weighted by atomic mass is 10.1. The molecule has 0 bridgehead atoms. The van der Waals surface area contributed by atoms with Gasteiger partial charge in [0.25, 0.3) is 0 Å². The number of aliphatic imine (C=N–C) groups is 1. The molecule has 0 aliphatic carbocycles. The van der Waals surface area contributed by atoms with Gasteiger partial charge in [0, 0.05) is 37.9 Å². The maximum Gasteiger partial charge on any atom is 0.191 e. The summed E-state index contributed by atoms with van der Waals surface area (Å²) in [5.74, 6) is 1.41. The van der Waals surface area contributed by atoms with Crippen molar-refractivity contribution < 1.29 is 0 Å². The first kappa shape index (κ1) is 19.2. The minimum Gasteiger partial charge on any atom is -0.354 e. The lowest BCUT2D eigenvalue weighted by Crippen LogP contribution is -2.44. The van der Waals surface area contributed by atoms with Crippen LogP contribution in [0.2, 0.25) is 0 Å². The van der Waals surface area contributed by atoms with Gasteiger partial charge < -0.3 is 10.6 Å². The van der Waals surface area contributed by atoms with Crippen molar-refractivity contribution in [3.8, 4) is 0 Å². The molecule has 0 radical (unpaired) electrons. The molecule has 116 valence electrons. The number of hydrogen-bond acceptors (Lipinski definition) is 2. The molecule has 1 atom stereocenters. The molecule has 2 N–H and O–H groups in total. The third-order valence-electron chi connectivity index (χ3n) is 3.68. The molecular formula is C14H28IN5. The summed E-state index contributed by atoms with van der Waals surface area (Å²) in [5, 5.41) is 11.2. The van der Waals surface area contributed by atoms with Crippen LogP contribution in [0.4, 0.5) is 0 Å². The van der Waals surface area contributed by atoms with Gasteiger partial charge in [-0.15, -0.1) is 24.0 Å². The highest BCUT2D eigenvalue weighted by Crippen LogP contribution is 2.11. The molecule has 1 unspecified atom stereocenters. The van der Waals surface area contributed by atoms with Crippen LogP contribution in [0, 0.1) is 19.8 Å². The quantitative estimate of drug-likeness (QED) is 0.469. The topological polar surface area (TPSA) is 54.2 Å². The summed E-state index contributed by atoms with van der Waals surface area (Å²) in [4.78, 5) is 4.26. The van der Waals surface area contributed by atoms with Crippen molar-refractivity contribution in [1.29, 1.82) is 0 Å². The average Bonchev–Trinajstić information content (AvgIpc) is 2.59. The molecule has 1 aromatic heterocycles. The van der Waals surface area contributed by atoms with Crippen LogP contribution in [0.3, 0.4) is 0 Å². The zero-order valence-corrected chi connectivity index (χ0v) is 15.9. The molecule has 0 spiro atoms. The van der Waals surface area contributed by atoms with Crippen molar-refractivity contribution in [2.45, 2.75) is 47.2 Å². The number of aromatic nitrogens is 2. The van der Waals surface area contributed by atoms with Gasteiger partial charge in [0.2, 0.25) is 0 Å². The predicted octanol–water partition coefficient (Wildman–Crippen LogP) is 2.36. The monoisotopic (exact) mass is 393 g/mol. The van der Waals surface area contributed by atoms with Crippen LogP contribution in [-0.2, 0) is 13.6 Å². The van der Waals surface area contributed by atoms with Gasteiger partial charge in [-0.1, -0.05) is 13.8 Å². The summed E-state index contributed by atoms with van der Waals surface area (Å²) in [6.07, 6.45) is 0. The second kappa shape index (κ2) is 8.49. The van der Waals surface area contributed by atoms with Crippen LogP contribution in [0.15, 0.2) is 4.99 Å². The Morgan fingerprint density at radius 1 is 1.30 bits per heavy atom. The van der Waals surface area contributed by atoms with E-state index in [0.29, 0.717) is 12.0 Å². The van der Waals surface area contributed by atoms with Gasteiger partial charge in [0.05, 0.1) is 5.69 Å². The molecule has 0 aromatic carbocycles. The standard InChI is InChI=1S/C14H27N5.HI/c1-9(2)10(3)17-14(15-6)16-8-13-11(4)18-19(7)12(13)5;/h9-10H,8H2,1-7H3,(H2,15,16,17);1H. The third-order valence-corrected chi connectivity index (χ3v) is 3.68. The van der Waals surface area contributed by atoms with Gasteiger partial charge in [-0.05, 0) is 26.7 Å². The Morgan fingerprint density at radius 3 is 2.30 bits per heavy atom. The van der Waals surface area contributed by atoms with Gasteiger partial charge in [-0.3, -0.25) is 9.67 Å². The third kappa shape index (κ3) is 4.96. The number of nitrogens with one attached hydrogen (secondary N) is 2. The number of aryl methyl sites for hydroxylation is 2. The van der Waals surface area contributed by atoms with E-state index in [1.165, 1.54) is 11.3 Å². The highest BCUT2D eigenvalue weighted by molar-refractivity contribution is 14.0. The fourth-order valence-electron chi connectivity index (χ4n) is 1.82. The van der Waals surface area contributed by atoms with Crippen molar-refractivity contribution in [2.24, 2.45) is 18.0 Å². The Balaban J connectivity index is 0.00000361. The summed E-state index contributed by atoms with van der Waals surface area (Å²) in [6, 6.07) is 0.391. The molecule has 6 heteroatoms. The molecule has 20 heavy (non-hydrogen) atoms. The molecule has 1 heterocycles. The summed E-state index contributed by atoms with van der Waals surface area (Å²) < 4.78 is 1.92. The number of hydrogen-bond donors (Lipinski definition) is 2. The van der Waals surface area contributed by atoms with Gasteiger partial charge in [0.1, 0.15) is 0 Å². The molecule has 0 saturated carbocycles. The Labute approximate surface area is 139 Å². The molecule has 1 aromatic rings. The van der Waals surface area contributed by atoms with Gasteiger partial charge >= 0.3 is 0 Å². The highest BCUT2D eigenvalue weighted by atomic mass is 127. The van der Waals surface area contributed by atoms with Gasteiger partial charge in [0.15, 0.2) is 5.96 Å². The van der Waals surface area contributed by atoms with Crippen LogP contribution in [0.5, 0.6) is 0 Å². The highest BCUT2D eigenvalue weighted by Gasteiger charge is 2.12. The number of guanidine groups is 1. The minimum absolute atomic E-state index is 0. The SMILES string of the molecule is CN=C(NCc1c(C)nn(C)c1C)NC(C)C(C)C.I. The zero-order chi connectivity index (χ0) is 14.6. The second-order valence-electron chi connectivity index (χ2n) is 5.38. The van der Waals surface area contributed by atoms with E-state index in [4.69, 9.17) is 0 Å². The van der Waals surface area contributed by atoms with E-state index in [-0.39, 0.29) is 24.0 Å². The first-order valence-electron chi connectivity index (χ1n) is 6.83. The summed E-state index contributed by atoms with van der Waals surface area (Å²) in [7, 11) is 3.77. The van der Waals surface area contributed by atoms with Crippen molar-refractivity contribution in [3.63, 3.8) is 0 Å². The Morgan fingerprint density at radius 2 is 1.90 bits per heavy atom. The van der Waals surface area contributed by atoms with Crippen LogP contribution in [-0.4, -0.2) is 28.8 Å². The normalized spacial score (nSPS) is 13.1. The molecule has 0 amide bonds. The average molecular weight is 393 g/mol. The largest absolute Gasteiger partial charge is 0.354 e. The van der Waals surface area contributed by atoms with Crippen LogP contribution < -0.4 is 10.6 Å². The van der Waals surface area contributed by atoms with E-state index in [9.17, 15) is 0 Å². The van der Waals surface area contributed by atoms with E-state index >= 15 is 0 Å². The van der Waals surface area contributed by atoms with Crippen molar-refractivity contribution >= 4 is 29.9 Å². The van der Waals surface area contributed by atoms with E-state index in [1.54, 1.807) is 7.05 Å². The molecule has 0 saturated heterocycles. The second-order valence-corrected chi connectivity index (χ2v) is 5.38. The smallest absolute Gasteiger partial charge is 0.191 e. The van der Waals surface area contributed by atoms with Gasteiger partial charge in [-0.25, -0.2) is 0 Å². The summed E-state index contributed by atoms with van der Waals surface area (Å²) >= 11 is 0. The minimum atomic E-state index is 0. The lowest BCUT2D eigenvalue weighted by Gasteiger charge is -2.20. The first-order valence-corrected chi connectivity index (χ1v) is 6.83. The Kier molecular flexibility index (Phi) is 8.15. The van der Waals surface area contributed by atoms with E-state index in [0.717, 1.165) is 18.2 Å². The molecule has 0 aliphatic heterocycles. The Bertz CT molecular complexity index is 451. The molecule has 0 aliphatic rings.